The molecule has 0 aromatic heterocycles. The molecule has 3 nitrogen and oxygen atoms in total. The number of ether oxygens (including phenoxy) is 1. The highest BCUT2D eigenvalue weighted by Gasteiger charge is 2.50. The molecule has 1 unspecified atom stereocenters. The smallest absolute Gasteiger partial charge is 0.141 e. The van der Waals surface area contributed by atoms with Crippen molar-refractivity contribution in [2.75, 3.05) is 20.7 Å². The lowest BCUT2D eigenvalue weighted by atomic mass is 9.69. The number of carbonyl (C=O) groups is 1. The van der Waals surface area contributed by atoms with Gasteiger partial charge in [0.25, 0.3) is 0 Å². The normalized spacial score (nSPS) is 24.3. The molecule has 1 saturated carbocycles. The minimum atomic E-state index is -0.0765. The van der Waals surface area contributed by atoms with Gasteiger partial charge in [-0.15, -0.1) is 12.4 Å². The zero-order valence-electron chi connectivity index (χ0n) is 13.5. The number of hydrogen-bond acceptors (Lipinski definition) is 3. The Kier molecular flexibility index (Phi) is 5.51. The van der Waals surface area contributed by atoms with Crippen molar-refractivity contribution in [3.63, 3.8) is 0 Å². The average Bonchev–Trinajstić information content (AvgIpc) is 2.99. The van der Waals surface area contributed by atoms with E-state index in [1.54, 1.807) is 7.11 Å². The third kappa shape index (κ3) is 3.02. The number of likely N-dealkylation sites (N-methyl/N-ethyl adjacent to an activating group) is 1. The molecule has 1 aliphatic heterocycles. The predicted molar refractivity (Wildman–Crippen MR) is 90.9 cm³/mol. The van der Waals surface area contributed by atoms with Gasteiger partial charge < -0.3 is 9.64 Å². The second-order valence-electron chi connectivity index (χ2n) is 6.59. The maximum absolute atomic E-state index is 12.6. The van der Waals surface area contributed by atoms with Crippen molar-refractivity contribution < 1.29 is 9.53 Å². The third-order valence-electron chi connectivity index (χ3n) is 5.50. The Hall–Kier alpha value is -1.06. The Bertz CT molecular complexity index is 508. The summed E-state index contributed by atoms with van der Waals surface area (Å²) in [7, 11) is 3.87. The highest BCUT2D eigenvalue weighted by atomic mass is 35.5. The van der Waals surface area contributed by atoms with Crippen LogP contribution in [0.4, 0.5) is 0 Å². The average molecular weight is 324 g/mol. The van der Waals surface area contributed by atoms with Gasteiger partial charge in [-0.2, -0.15) is 0 Å². The van der Waals surface area contributed by atoms with Crippen molar-refractivity contribution in [1.82, 2.24) is 4.90 Å². The first-order chi connectivity index (χ1) is 10.2. The molecule has 3 rings (SSSR count). The molecule has 4 heteroatoms. The van der Waals surface area contributed by atoms with Crippen molar-refractivity contribution in [2.45, 2.75) is 44.6 Å². The Morgan fingerprint density at radius 1 is 1.23 bits per heavy atom. The van der Waals surface area contributed by atoms with Gasteiger partial charge in [0.15, 0.2) is 0 Å². The van der Waals surface area contributed by atoms with Crippen LogP contribution in [0.5, 0.6) is 5.75 Å². The molecule has 1 aliphatic carbocycles. The van der Waals surface area contributed by atoms with Crippen LogP contribution in [0.3, 0.4) is 0 Å². The van der Waals surface area contributed by atoms with Crippen molar-refractivity contribution in [3.05, 3.63) is 29.8 Å². The number of hydrogen-bond donors (Lipinski definition) is 0. The molecule has 0 amide bonds. The predicted octanol–water partition coefficient (Wildman–Crippen LogP) is 3.49. The van der Waals surface area contributed by atoms with E-state index in [-0.39, 0.29) is 17.8 Å². The monoisotopic (exact) mass is 323 g/mol. The van der Waals surface area contributed by atoms with E-state index in [4.69, 9.17) is 4.74 Å². The molecule has 0 radical (unpaired) electrons. The van der Waals surface area contributed by atoms with E-state index >= 15 is 0 Å². The van der Waals surface area contributed by atoms with Gasteiger partial charge in [0.1, 0.15) is 11.5 Å². The van der Waals surface area contributed by atoms with Crippen LogP contribution in [-0.2, 0) is 11.2 Å². The summed E-state index contributed by atoms with van der Waals surface area (Å²) in [4.78, 5) is 15.0. The minimum Gasteiger partial charge on any atom is -0.497 e. The maximum Gasteiger partial charge on any atom is 0.141 e. The minimum absolute atomic E-state index is 0. The molecule has 122 valence electrons. The van der Waals surface area contributed by atoms with E-state index in [0.29, 0.717) is 11.8 Å². The first-order valence-electron chi connectivity index (χ1n) is 8.02. The van der Waals surface area contributed by atoms with Gasteiger partial charge in [0.2, 0.25) is 0 Å². The summed E-state index contributed by atoms with van der Waals surface area (Å²) in [6, 6.07) is 8.65. The fourth-order valence-electron chi connectivity index (χ4n) is 4.24. The van der Waals surface area contributed by atoms with E-state index in [0.717, 1.165) is 38.0 Å². The molecule has 2 aliphatic rings. The number of halogens is 1. The van der Waals surface area contributed by atoms with Gasteiger partial charge in [-0.3, -0.25) is 4.79 Å². The number of benzene rings is 1. The number of piperidine rings is 1. The standard InChI is InChI=1S/C18H25NO2.ClH/c1-19-12-9-17(20)18(10-3-4-11-18)16(19)13-14-5-7-15(21-2)8-6-14;/h5-8,16H,3-4,9-13H2,1-2H3;1H. The number of ketones is 1. The summed E-state index contributed by atoms with van der Waals surface area (Å²) in [6.45, 7) is 0.904. The molecule has 1 heterocycles. The van der Waals surface area contributed by atoms with Gasteiger partial charge in [0, 0.05) is 24.4 Å². The van der Waals surface area contributed by atoms with Crippen molar-refractivity contribution >= 4 is 18.2 Å². The van der Waals surface area contributed by atoms with Crippen LogP contribution >= 0.6 is 12.4 Å². The SMILES string of the molecule is COc1ccc(CC2N(C)CCC(=O)C23CCCC3)cc1.Cl. The Morgan fingerprint density at radius 3 is 2.45 bits per heavy atom. The second kappa shape index (κ2) is 7.01. The number of methoxy groups -OCH3 is 1. The Labute approximate surface area is 139 Å². The number of likely N-dealkylation sites (tertiary alicyclic amines) is 1. The zero-order chi connectivity index (χ0) is 14.9. The van der Waals surface area contributed by atoms with E-state index in [2.05, 4.69) is 24.1 Å². The van der Waals surface area contributed by atoms with Crippen molar-refractivity contribution in [2.24, 2.45) is 5.41 Å². The molecule has 1 aromatic rings. The summed E-state index contributed by atoms with van der Waals surface area (Å²) >= 11 is 0. The molecule has 1 spiro atoms. The molecular weight excluding hydrogens is 298 g/mol. The fraction of sp³-hybridized carbons (Fsp3) is 0.611. The van der Waals surface area contributed by atoms with E-state index in [1.165, 1.54) is 18.4 Å². The topological polar surface area (TPSA) is 29.5 Å². The molecule has 0 bridgehead atoms. The fourth-order valence-corrected chi connectivity index (χ4v) is 4.24. The molecule has 0 N–H and O–H groups in total. The lowest BCUT2D eigenvalue weighted by Gasteiger charge is -2.46. The molecule has 1 saturated heterocycles. The molecule has 1 aromatic carbocycles. The second-order valence-corrected chi connectivity index (χ2v) is 6.59. The van der Waals surface area contributed by atoms with E-state index in [1.807, 2.05) is 12.1 Å². The third-order valence-corrected chi connectivity index (χ3v) is 5.50. The summed E-state index contributed by atoms with van der Waals surface area (Å²) in [5.41, 5.74) is 1.22. The van der Waals surface area contributed by atoms with Gasteiger partial charge in [-0.05, 0) is 44.0 Å². The van der Waals surface area contributed by atoms with Crippen molar-refractivity contribution in [3.8, 4) is 5.75 Å². The van der Waals surface area contributed by atoms with Crippen LogP contribution in [0.25, 0.3) is 0 Å². The van der Waals surface area contributed by atoms with Crippen LogP contribution < -0.4 is 4.74 Å². The zero-order valence-corrected chi connectivity index (χ0v) is 14.3. The van der Waals surface area contributed by atoms with Crippen molar-refractivity contribution in [1.29, 1.82) is 0 Å². The lowest BCUT2D eigenvalue weighted by Crippen LogP contribution is -2.55. The van der Waals surface area contributed by atoms with Crippen LogP contribution in [0, 0.1) is 5.41 Å². The highest BCUT2D eigenvalue weighted by molar-refractivity contribution is 5.87. The Morgan fingerprint density at radius 2 is 1.86 bits per heavy atom. The van der Waals surface area contributed by atoms with E-state index in [9.17, 15) is 4.79 Å². The van der Waals surface area contributed by atoms with Gasteiger partial charge in [-0.25, -0.2) is 0 Å². The number of nitrogens with zero attached hydrogens (tertiary/aromatic N) is 1. The highest BCUT2D eigenvalue weighted by Crippen LogP contribution is 2.47. The summed E-state index contributed by atoms with van der Waals surface area (Å²) < 4.78 is 5.23. The first kappa shape index (κ1) is 17.3. The molecule has 2 fully saturated rings. The van der Waals surface area contributed by atoms with Gasteiger partial charge in [0.05, 0.1) is 7.11 Å². The Balaban J connectivity index is 0.00000176. The number of rotatable bonds is 3. The summed E-state index contributed by atoms with van der Waals surface area (Å²) in [5, 5.41) is 0. The van der Waals surface area contributed by atoms with E-state index < -0.39 is 0 Å². The van der Waals surface area contributed by atoms with Gasteiger partial charge >= 0.3 is 0 Å². The summed E-state index contributed by atoms with van der Waals surface area (Å²) in [6.07, 6.45) is 6.27. The number of Topliss-reactive ketones (excluding diaryl/α,β-unsaturated/α-hetero) is 1. The summed E-state index contributed by atoms with van der Waals surface area (Å²) in [5.74, 6) is 1.40. The maximum atomic E-state index is 12.6. The van der Waals surface area contributed by atoms with Crippen LogP contribution in [0.15, 0.2) is 24.3 Å². The lowest BCUT2D eigenvalue weighted by molar-refractivity contribution is -0.137. The largest absolute Gasteiger partial charge is 0.497 e. The first-order valence-corrected chi connectivity index (χ1v) is 8.02. The van der Waals surface area contributed by atoms with Crippen LogP contribution in [0.2, 0.25) is 0 Å². The molecular formula is C18H26ClNO2. The quantitative estimate of drug-likeness (QED) is 0.852. The van der Waals surface area contributed by atoms with Crippen LogP contribution in [0.1, 0.15) is 37.7 Å². The number of carbonyl (C=O) groups excluding carboxylic acids is 1. The van der Waals surface area contributed by atoms with Crippen LogP contribution in [-0.4, -0.2) is 37.4 Å². The molecule has 1 atom stereocenters. The van der Waals surface area contributed by atoms with Gasteiger partial charge in [-0.1, -0.05) is 25.0 Å². The molecule has 22 heavy (non-hydrogen) atoms.